The van der Waals surface area contributed by atoms with E-state index >= 15 is 0 Å². The fraction of sp³-hybridized carbons (Fsp3) is 0.417. The summed E-state index contributed by atoms with van der Waals surface area (Å²) in [6.45, 7) is 2.07. The number of nitrogens with zero attached hydrogens (tertiary/aromatic N) is 2. The molecule has 19 heavy (non-hydrogen) atoms. The maximum Gasteiger partial charge on any atom is 0.197 e. The molecule has 7 heteroatoms. The predicted molar refractivity (Wildman–Crippen MR) is 77.8 cm³/mol. The van der Waals surface area contributed by atoms with Crippen molar-refractivity contribution in [3.63, 3.8) is 0 Å². The first-order valence-corrected chi connectivity index (χ1v) is 7.14. The summed E-state index contributed by atoms with van der Waals surface area (Å²) in [5.41, 5.74) is 5.71. The molecule has 5 nitrogen and oxygen atoms in total. The van der Waals surface area contributed by atoms with E-state index in [0.29, 0.717) is 11.6 Å². The van der Waals surface area contributed by atoms with Crippen LogP contribution in [0.5, 0.6) is 0 Å². The third-order valence-corrected chi connectivity index (χ3v) is 4.35. The van der Waals surface area contributed by atoms with Crippen molar-refractivity contribution in [3.05, 3.63) is 39.0 Å². The average Bonchev–Trinajstić information content (AvgIpc) is 2.93. The van der Waals surface area contributed by atoms with Crippen LogP contribution >= 0.6 is 27.5 Å². The normalized spacial score (nSPS) is 12.9. The number of aryl methyl sites for hydroxylation is 2. The maximum atomic E-state index is 6.00. The molecule has 1 atom stereocenters. The summed E-state index contributed by atoms with van der Waals surface area (Å²) in [5.74, 6) is 5.62. The summed E-state index contributed by atoms with van der Waals surface area (Å²) in [6.07, 6.45) is 3.10. The Bertz CT molecular complexity index is 566. The van der Waals surface area contributed by atoms with Gasteiger partial charge in [0.1, 0.15) is 0 Å². The standard InChI is InChI=1S/C12H16BrClN4O/c1-3-8-11(13)10(18(2)17-8)6-9(16-15)7-4-5-19-12(7)14/h4-5,9,16H,3,6,15H2,1-2H3. The molecule has 0 aliphatic rings. The lowest BCUT2D eigenvalue weighted by Crippen LogP contribution is -2.30. The van der Waals surface area contributed by atoms with Crippen molar-refractivity contribution in [3.8, 4) is 0 Å². The number of aromatic nitrogens is 2. The molecule has 0 aromatic carbocycles. The van der Waals surface area contributed by atoms with E-state index in [4.69, 9.17) is 21.9 Å². The van der Waals surface area contributed by atoms with Gasteiger partial charge in [0.15, 0.2) is 5.22 Å². The molecule has 2 heterocycles. The highest BCUT2D eigenvalue weighted by molar-refractivity contribution is 9.10. The van der Waals surface area contributed by atoms with Crippen LogP contribution in [0, 0.1) is 0 Å². The quantitative estimate of drug-likeness (QED) is 0.644. The second-order valence-corrected chi connectivity index (χ2v) is 5.39. The zero-order chi connectivity index (χ0) is 14.0. The van der Waals surface area contributed by atoms with E-state index in [-0.39, 0.29) is 6.04 Å². The summed E-state index contributed by atoms with van der Waals surface area (Å²) in [5, 5.41) is 4.82. The fourth-order valence-corrected chi connectivity index (χ4v) is 3.07. The van der Waals surface area contributed by atoms with Gasteiger partial charge in [0.2, 0.25) is 0 Å². The molecule has 0 bridgehead atoms. The molecular formula is C12H16BrClN4O. The Kier molecular flexibility index (Phi) is 4.67. The van der Waals surface area contributed by atoms with E-state index in [1.165, 1.54) is 0 Å². The van der Waals surface area contributed by atoms with Crippen molar-refractivity contribution < 1.29 is 4.42 Å². The lowest BCUT2D eigenvalue weighted by atomic mass is 10.1. The van der Waals surface area contributed by atoms with Crippen LogP contribution in [0.25, 0.3) is 0 Å². The van der Waals surface area contributed by atoms with Crippen molar-refractivity contribution >= 4 is 27.5 Å². The first-order valence-electron chi connectivity index (χ1n) is 5.97. The monoisotopic (exact) mass is 346 g/mol. The minimum Gasteiger partial charge on any atom is -0.453 e. The van der Waals surface area contributed by atoms with Gasteiger partial charge in [-0.05, 0) is 40.0 Å². The van der Waals surface area contributed by atoms with Gasteiger partial charge in [0.25, 0.3) is 0 Å². The van der Waals surface area contributed by atoms with Gasteiger partial charge >= 0.3 is 0 Å². The predicted octanol–water partition coefficient (Wildman–Crippen LogP) is 2.74. The van der Waals surface area contributed by atoms with Crippen molar-refractivity contribution in [1.82, 2.24) is 15.2 Å². The van der Waals surface area contributed by atoms with Gasteiger partial charge in [-0.3, -0.25) is 16.0 Å². The largest absolute Gasteiger partial charge is 0.453 e. The summed E-state index contributed by atoms with van der Waals surface area (Å²) in [4.78, 5) is 0. The average molecular weight is 348 g/mol. The molecule has 0 fully saturated rings. The van der Waals surface area contributed by atoms with Gasteiger partial charge in [-0.2, -0.15) is 5.10 Å². The molecular weight excluding hydrogens is 332 g/mol. The first-order chi connectivity index (χ1) is 9.08. The van der Waals surface area contributed by atoms with Crippen molar-refractivity contribution in [2.75, 3.05) is 0 Å². The van der Waals surface area contributed by atoms with Gasteiger partial charge in [-0.1, -0.05) is 6.92 Å². The molecule has 0 saturated heterocycles. The summed E-state index contributed by atoms with van der Waals surface area (Å²) in [7, 11) is 1.92. The molecule has 0 spiro atoms. The number of halogens is 2. The number of nitrogens with two attached hydrogens (primary N) is 1. The Morgan fingerprint density at radius 3 is 2.84 bits per heavy atom. The smallest absolute Gasteiger partial charge is 0.197 e. The molecule has 1 unspecified atom stereocenters. The van der Waals surface area contributed by atoms with Gasteiger partial charge < -0.3 is 4.42 Å². The van der Waals surface area contributed by atoms with Crippen LogP contribution in [0.1, 0.15) is 29.9 Å². The van der Waals surface area contributed by atoms with E-state index in [1.807, 2.05) is 17.8 Å². The first kappa shape index (κ1) is 14.6. The maximum absolute atomic E-state index is 6.00. The topological polar surface area (TPSA) is 69.0 Å². The molecule has 0 aliphatic heterocycles. The molecule has 0 aliphatic carbocycles. The molecule has 2 aromatic heterocycles. The van der Waals surface area contributed by atoms with Crippen LogP contribution in [0.15, 0.2) is 21.2 Å². The number of nitrogens with one attached hydrogen (secondary N) is 1. The molecule has 2 aromatic rings. The number of furan rings is 1. The Labute approximate surface area is 125 Å². The Hall–Kier alpha value is -0.820. The highest BCUT2D eigenvalue weighted by Crippen LogP contribution is 2.30. The second-order valence-electron chi connectivity index (χ2n) is 4.26. The third kappa shape index (κ3) is 2.86. The minimum atomic E-state index is -0.123. The van der Waals surface area contributed by atoms with E-state index in [1.54, 1.807) is 6.26 Å². The number of rotatable bonds is 5. The van der Waals surface area contributed by atoms with Crippen LogP contribution in [0.4, 0.5) is 0 Å². The van der Waals surface area contributed by atoms with Gasteiger partial charge in [-0.15, -0.1) is 0 Å². The SMILES string of the molecule is CCc1nn(C)c(CC(NN)c2ccoc2Cl)c1Br. The lowest BCUT2D eigenvalue weighted by Gasteiger charge is -2.15. The fourth-order valence-electron chi connectivity index (χ4n) is 2.05. The Morgan fingerprint density at radius 1 is 1.63 bits per heavy atom. The summed E-state index contributed by atoms with van der Waals surface area (Å²) >= 11 is 9.59. The van der Waals surface area contributed by atoms with E-state index in [2.05, 4.69) is 33.4 Å². The van der Waals surface area contributed by atoms with Crippen LogP contribution in [-0.2, 0) is 19.9 Å². The zero-order valence-corrected chi connectivity index (χ0v) is 13.1. The zero-order valence-electron chi connectivity index (χ0n) is 10.8. The van der Waals surface area contributed by atoms with Crippen LogP contribution in [0.3, 0.4) is 0 Å². The van der Waals surface area contributed by atoms with Crippen LogP contribution in [0.2, 0.25) is 5.22 Å². The van der Waals surface area contributed by atoms with Crippen LogP contribution in [-0.4, -0.2) is 9.78 Å². The number of hydrogen-bond donors (Lipinski definition) is 2. The van der Waals surface area contributed by atoms with Crippen molar-refractivity contribution in [2.45, 2.75) is 25.8 Å². The number of hydrazine groups is 1. The molecule has 104 valence electrons. The van der Waals surface area contributed by atoms with E-state index < -0.39 is 0 Å². The highest BCUT2D eigenvalue weighted by Gasteiger charge is 2.21. The van der Waals surface area contributed by atoms with Crippen LogP contribution < -0.4 is 11.3 Å². The van der Waals surface area contributed by atoms with Crippen molar-refractivity contribution in [2.24, 2.45) is 12.9 Å². The molecule has 0 radical (unpaired) electrons. The second kappa shape index (κ2) is 6.09. The Morgan fingerprint density at radius 2 is 2.37 bits per heavy atom. The minimum absolute atomic E-state index is 0.123. The molecule has 0 amide bonds. The molecule has 2 rings (SSSR count). The molecule has 0 saturated carbocycles. The van der Waals surface area contributed by atoms with E-state index in [9.17, 15) is 0 Å². The van der Waals surface area contributed by atoms with Gasteiger partial charge in [-0.25, -0.2) is 0 Å². The third-order valence-electron chi connectivity index (χ3n) is 3.12. The number of hydrogen-bond acceptors (Lipinski definition) is 4. The van der Waals surface area contributed by atoms with Gasteiger partial charge in [0, 0.05) is 19.0 Å². The molecule has 3 N–H and O–H groups in total. The Balaban J connectivity index is 2.29. The van der Waals surface area contributed by atoms with Gasteiger partial charge in [0.05, 0.1) is 28.2 Å². The summed E-state index contributed by atoms with van der Waals surface area (Å²) < 4.78 is 8.00. The lowest BCUT2D eigenvalue weighted by molar-refractivity contribution is 0.513. The van der Waals surface area contributed by atoms with Crippen molar-refractivity contribution in [1.29, 1.82) is 0 Å². The highest BCUT2D eigenvalue weighted by atomic mass is 79.9. The summed E-state index contributed by atoms with van der Waals surface area (Å²) in [6, 6.07) is 1.69. The van der Waals surface area contributed by atoms with E-state index in [0.717, 1.165) is 27.8 Å².